The van der Waals surface area contributed by atoms with Crippen LogP contribution in [0.4, 0.5) is 5.82 Å². The highest BCUT2D eigenvalue weighted by molar-refractivity contribution is 5.94. The monoisotopic (exact) mass is 289 g/mol. The van der Waals surface area contributed by atoms with Crippen molar-refractivity contribution in [2.45, 2.75) is 51.9 Å². The van der Waals surface area contributed by atoms with Gasteiger partial charge in [0, 0.05) is 24.8 Å². The molecule has 1 amide bonds. The SMILES string of the molecule is CCCNc1cc(C(=O)NCCCC2CCCC2)ccn1. The molecule has 1 aromatic heterocycles. The van der Waals surface area contributed by atoms with Crippen LogP contribution in [-0.2, 0) is 0 Å². The highest BCUT2D eigenvalue weighted by Crippen LogP contribution is 2.28. The van der Waals surface area contributed by atoms with E-state index in [1.165, 1.54) is 32.1 Å². The third-order valence-electron chi connectivity index (χ3n) is 4.13. The van der Waals surface area contributed by atoms with Crippen molar-refractivity contribution in [3.63, 3.8) is 0 Å². The second-order valence-corrected chi connectivity index (χ2v) is 5.91. The molecule has 0 radical (unpaired) electrons. The molecule has 2 N–H and O–H groups in total. The molecule has 4 nitrogen and oxygen atoms in total. The van der Waals surface area contributed by atoms with Gasteiger partial charge in [0.2, 0.25) is 0 Å². The molecule has 1 saturated carbocycles. The van der Waals surface area contributed by atoms with Crippen molar-refractivity contribution < 1.29 is 4.79 Å². The molecule has 0 atom stereocenters. The predicted octanol–water partition coefficient (Wildman–Crippen LogP) is 3.60. The first-order chi connectivity index (χ1) is 10.3. The number of hydrogen-bond acceptors (Lipinski definition) is 3. The van der Waals surface area contributed by atoms with Crippen LogP contribution in [0.1, 0.15) is 62.2 Å². The summed E-state index contributed by atoms with van der Waals surface area (Å²) in [6.45, 7) is 3.75. The Morgan fingerprint density at radius 2 is 2.14 bits per heavy atom. The van der Waals surface area contributed by atoms with Crippen molar-refractivity contribution in [1.29, 1.82) is 0 Å². The largest absolute Gasteiger partial charge is 0.370 e. The van der Waals surface area contributed by atoms with Crippen LogP contribution in [0.25, 0.3) is 0 Å². The summed E-state index contributed by atoms with van der Waals surface area (Å²) in [5.41, 5.74) is 0.685. The number of anilines is 1. The van der Waals surface area contributed by atoms with Crippen LogP contribution in [0.15, 0.2) is 18.3 Å². The maximum Gasteiger partial charge on any atom is 0.251 e. The Morgan fingerprint density at radius 3 is 2.90 bits per heavy atom. The second kappa shape index (κ2) is 8.65. The minimum absolute atomic E-state index is 0.00312. The molecule has 1 aliphatic rings. The Morgan fingerprint density at radius 1 is 1.33 bits per heavy atom. The number of nitrogens with one attached hydrogen (secondary N) is 2. The molecular formula is C17H27N3O. The second-order valence-electron chi connectivity index (χ2n) is 5.91. The molecule has 2 rings (SSSR count). The maximum atomic E-state index is 12.1. The summed E-state index contributed by atoms with van der Waals surface area (Å²) in [6, 6.07) is 3.59. The van der Waals surface area contributed by atoms with Gasteiger partial charge in [-0.05, 0) is 37.3 Å². The van der Waals surface area contributed by atoms with E-state index in [4.69, 9.17) is 0 Å². The van der Waals surface area contributed by atoms with Crippen LogP contribution in [0.5, 0.6) is 0 Å². The van der Waals surface area contributed by atoms with Crippen molar-refractivity contribution in [2.24, 2.45) is 5.92 Å². The van der Waals surface area contributed by atoms with Gasteiger partial charge in [-0.2, -0.15) is 0 Å². The molecule has 21 heavy (non-hydrogen) atoms. The summed E-state index contributed by atoms with van der Waals surface area (Å²) in [6.07, 6.45) is 10.6. The number of pyridine rings is 1. The number of carbonyl (C=O) groups is 1. The van der Waals surface area contributed by atoms with Crippen LogP contribution < -0.4 is 10.6 Å². The number of amides is 1. The number of aromatic nitrogens is 1. The molecule has 0 bridgehead atoms. The molecule has 0 spiro atoms. The van der Waals surface area contributed by atoms with Gasteiger partial charge in [-0.25, -0.2) is 4.98 Å². The molecule has 1 aliphatic carbocycles. The van der Waals surface area contributed by atoms with Crippen molar-refractivity contribution in [3.05, 3.63) is 23.9 Å². The Balaban J connectivity index is 1.71. The van der Waals surface area contributed by atoms with Crippen LogP contribution in [0.3, 0.4) is 0 Å². The third kappa shape index (κ3) is 5.37. The number of hydrogen-bond donors (Lipinski definition) is 2. The fraction of sp³-hybridized carbons (Fsp3) is 0.647. The summed E-state index contributed by atoms with van der Waals surface area (Å²) >= 11 is 0. The Bertz CT molecular complexity index is 441. The van der Waals surface area contributed by atoms with E-state index in [-0.39, 0.29) is 5.91 Å². The molecule has 1 heterocycles. The highest BCUT2D eigenvalue weighted by Gasteiger charge is 2.14. The van der Waals surface area contributed by atoms with Gasteiger partial charge in [0.25, 0.3) is 5.91 Å². The molecule has 0 saturated heterocycles. The highest BCUT2D eigenvalue weighted by atomic mass is 16.1. The average molecular weight is 289 g/mol. The lowest BCUT2D eigenvalue weighted by Gasteiger charge is -2.10. The van der Waals surface area contributed by atoms with Crippen LogP contribution >= 0.6 is 0 Å². The first-order valence-electron chi connectivity index (χ1n) is 8.27. The van der Waals surface area contributed by atoms with Gasteiger partial charge in [-0.1, -0.05) is 32.6 Å². The van der Waals surface area contributed by atoms with E-state index in [9.17, 15) is 4.79 Å². The molecule has 116 valence electrons. The Labute approximate surface area is 127 Å². The van der Waals surface area contributed by atoms with Crippen molar-refractivity contribution in [3.8, 4) is 0 Å². The van der Waals surface area contributed by atoms with Crippen molar-refractivity contribution in [2.75, 3.05) is 18.4 Å². The molecule has 0 aromatic carbocycles. The molecule has 1 aromatic rings. The third-order valence-corrected chi connectivity index (χ3v) is 4.13. The fourth-order valence-electron chi connectivity index (χ4n) is 2.92. The number of nitrogens with zero attached hydrogens (tertiary/aromatic N) is 1. The Kier molecular flexibility index (Phi) is 6.51. The van der Waals surface area contributed by atoms with Crippen molar-refractivity contribution >= 4 is 11.7 Å². The van der Waals surface area contributed by atoms with E-state index >= 15 is 0 Å². The van der Waals surface area contributed by atoms with E-state index in [1.807, 2.05) is 6.07 Å². The smallest absolute Gasteiger partial charge is 0.251 e. The molecule has 0 unspecified atom stereocenters. The van der Waals surface area contributed by atoms with E-state index in [0.717, 1.165) is 37.7 Å². The molecule has 4 heteroatoms. The normalized spacial score (nSPS) is 15.1. The van der Waals surface area contributed by atoms with Gasteiger partial charge >= 0.3 is 0 Å². The van der Waals surface area contributed by atoms with Gasteiger partial charge in [-0.15, -0.1) is 0 Å². The van der Waals surface area contributed by atoms with E-state index in [1.54, 1.807) is 12.3 Å². The zero-order chi connectivity index (χ0) is 14.9. The van der Waals surface area contributed by atoms with Gasteiger partial charge in [-0.3, -0.25) is 4.79 Å². The number of rotatable bonds is 8. The van der Waals surface area contributed by atoms with Gasteiger partial charge < -0.3 is 10.6 Å². The molecule has 1 fully saturated rings. The molecular weight excluding hydrogens is 262 g/mol. The summed E-state index contributed by atoms with van der Waals surface area (Å²) in [5, 5.41) is 6.21. The van der Waals surface area contributed by atoms with Crippen LogP contribution in [-0.4, -0.2) is 24.0 Å². The van der Waals surface area contributed by atoms with Crippen LogP contribution in [0, 0.1) is 5.92 Å². The van der Waals surface area contributed by atoms with Crippen molar-refractivity contribution in [1.82, 2.24) is 10.3 Å². The summed E-state index contributed by atoms with van der Waals surface area (Å²) < 4.78 is 0. The minimum atomic E-state index is 0.00312. The lowest BCUT2D eigenvalue weighted by Crippen LogP contribution is -2.25. The van der Waals surface area contributed by atoms with Gasteiger partial charge in [0.1, 0.15) is 5.82 Å². The zero-order valence-corrected chi connectivity index (χ0v) is 13.0. The summed E-state index contributed by atoms with van der Waals surface area (Å²) in [7, 11) is 0. The number of carbonyl (C=O) groups excluding carboxylic acids is 1. The van der Waals surface area contributed by atoms with Gasteiger partial charge in [0.05, 0.1) is 0 Å². The summed E-state index contributed by atoms with van der Waals surface area (Å²) in [5.74, 6) is 1.67. The topological polar surface area (TPSA) is 54.0 Å². The first-order valence-corrected chi connectivity index (χ1v) is 8.27. The quantitative estimate of drug-likeness (QED) is 0.719. The maximum absolute atomic E-state index is 12.1. The fourth-order valence-corrected chi connectivity index (χ4v) is 2.92. The van der Waals surface area contributed by atoms with Gasteiger partial charge in [0.15, 0.2) is 0 Å². The zero-order valence-electron chi connectivity index (χ0n) is 13.0. The minimum Gasteiger partial charge on any atom is -0.370 e. The van der Waals surface area contributed by atoms with E-state index in [0.29, 0.717) is 5.56 Å². The standard InChI is InChI=1S/C17H27N3O/c1-2-10-18-16-13-15(9-12-19-16)17(21)20-11-5-8-14-6-3-4-7-14/h9,12-14H,2-8,10-11H2,1H3,(H,18,19)(H,20,21). The Hall–Kier alpha value is -1.58. The summed E-state index contributed by atoms with van der Waals surface area (Å²) in [4.78, 5) is 16.3. The van der Waals surface area contributed by atoms with E-state index in [2.05, 4.69) is 22.5 Å². The average Bonchev–Trinajstić information content (AvgIpc) is 3.03. The van der Waals surface area contributed by atoms with Crippen LogP contribution in [0.2, 0.25) is 0 Å². The molecule has 0 aliphatic heterocycles. The lowest BCUT2D eigenvalue weighted by molar-refractivity contribution is 0.0952. The van der Waals surface area contributed by atoms with E-state index < -0.39 is 0 Å². The predicted molar refractivity (Wildman–Crippen MR) is 86.5 cm³/mol. The first kappa shape index (κ1) is 15.8. The lowest BCUT2D eigenvalue weighted by atomic mass is 10.0.